The van der Waals surface area contributed by atoms with Crippen molar-refractivity contribution in [2.75, 3.05) is 11.9 Å². The first kappa shape index (κ1) is 16.1. The first-order valence-corrected chi connectivity index (χ1v) is 7.84. The molecule has 2 rings (SSSR count). The van der Waals surface area contributed by atoms with E-state index in [2.05, 4.69) is 34.8 Å². The highest BCUT2D eigenvalue weighted by atomic mass is 35.5. The van der Waals surface area contributed by atoms with Crippen LogP contribution in [-0.4, -0.2) is 21.2 Å². The van der Waals surface area contributed by atoms with Gasteiger partial charge in [0.15, 0.2) is 0 Å². The summed E-state index contributed by atoms with van der Waals surface area (Å²) < 4.78 is 8.34. The zero-order valence-corrected chi connectivity index (χ0v) is 13.9. The van der Waals surface area contributed by atoms with Crippen LogP contribution < -0.4 is 11.1 Å². The van der Waals surface area contributed by atoms with Crippen LogP contribution in [0.3, 0.4) is 0 Å². The highest BCUT2D eigenvalue weighted by molar-refractivity contribution is 7.00. The van der Waals surface area contributed by atoms with Crippen LogP contribution in [0.4, 0.5) is 5.69 Å². The second-order valence-corrected chi connectivity index (χ2v) is 7.18. The molecule has 0 spiro atoms. The van der Waals surface area contributed by atoms with Gasteiger partial charge in [-0.15, -0.1) is 0 Å². The number of benzene rings is 1. The summed E-state index contributed by atoms with van der Waals surface area (Å²) in [5, 5.41) is 3.32. The second-order valence-electron chi connectivity index (χ2n) is 6.24. The highest BCUT2D eigenvalue weighted by Crippen LogP contribution is 2.31. The zero-order valence-electron chi connectivity index (χ0n) is 12.3. The van der Waals surface area contributed by atoms with Crippen LogP contribution in [0.2, 0.25) is 5.02 Å². The molecule has 1 aromatic heterocycles. The number of anilines is 1. The van der Waals surface area contributed by atoms with Crippen molar-refractivity contribution in [3.05, 3.63) is 17.2 Å². The third-order valence-corrected chi connectivity index (χ3v) is 4.00. The van der Waals surface area contributed by atoms with Gasteiger partial charge in [0.1, 0.15) is 11.0 Å². The smallest absolute Gasteiger partial charge is 0.228 e. The van der Waals surface area contributed by atoms with Gasteiger partial charge in [-0.25, -0.2) is 0 Å². The Morgan fingerprint density at radius 3 is 2.76 bits per heavy atom. The van der Waals surface area contributed by atoms with Crippen molar-refractivity contribution in [3.8, 4) is 0 Å². The van der Waals surface area contributed by atoms with Gasteiger partial charge in [-0.05, 0) is 24.0 Å². The van der Waals surface area contributed by atoms with Crippen LogP contribution in [-0.2, 0) is 4.79 Å². The third kappa shape index (κ3) is 3.90. The SMILES string of the molecule is CC(C)(C)CC(CN)C(=O)Nc1c(Cl)ccc2nsnc12. The predicted octanol–water partition coefficient (Wildman–Crippen LogP) is 3.29. The normalized spacial score (nSPS) is 13.4. The number of carbonyl (C=O) groups excluding carboxylic acids is 1. The van der Waals surface area contributed by atoms with Gasteiger partial charge in [0.2, 0.25) is 5.91 Å². The molecular weight excluding hydrogens is 308 g/mol. The van der Waals surface area contributed by atoms with E-state index < -0.39 is 0 Å². The number of halogens is 1. The molecule has 1 aromatic carbocycles. The molecular formula is C14H19ClN4OS. The lowest BCUT2D eigenvalue weighted by atomic mass is 9.84. The number of rotatable bonds is 4. The Kier molecular flexibility index (Phi) is 4.81. The maximum atomic E-state index is 12.4. The second kappa shape index (κ2) is 6.25. The summed E-state index contributed by atoms with van der Waals surface area (Å²) in [7, 11) is 0. The molecule has 0 aliphatic carbocycles. The molecule has 0 aliphatic rings. The van der Waals surface area contributed by atoms with Gasteiger partial charge in [-0.1, -0.05) is 32.4 Å². The number of amides is 1. The maximum absolute atomic E-state index is 12.4. The van der Waals surface area contributed by atoms with E-state index in [0.717, 1.165) is 17.2 Å². The largest absolute Gasteiger partial charge is 0.330 e. The number of nitrogens with zero attached hydrogens (tertiary/aromatic N) is 2. The van der Waals surface area contributed by atoms with Crippen LogP contribution in [0.1, 0.15) is 27.2 Å². The molecule has 21 heavy (non-hydrogen) atoms. The molecule has 1 amide bonds. The van der Waals surface area contributed by atoms with Crippen LogP contribution >= 0.6 is 23.3 Å². The Morgan fingerprint density at radius 2 is 2.14 bits per heavy atom. The molecule has 7 heteroatoms. The van der Waals surface area contributed by atoms with Gasteiger partial charge in [-0.3, -0.25) is 4.79 Å². The lowest BCUT2D eigenvalue weighted by molar-refractivity contribution is -0.120. The number of hydrogen-bond donors (Lipinski definition) is 2. The molecule has 2 aromatic rings. The molecule has 0 aliphatic heterocycles. The fourth-order valence-electron chi connectivity index (χ4n) is 2.19. The van der Waals surface area contributed by atoms with Crippen LogP contribution in [0, 0.1) is 11.3 Å². The highest BCUT2D eigenvalue weighted by Gasteiger charge is 2.25. The van der Waals surface area contributed by atoms with E-state index in [4.69, 9.17) is 17.3 Å². The van der Waals surface area contributed by atoms with E-state index in [1.165, 1.54) is 0 Å². The number of aromatic nitrogens is 2. The Hall–Kier alpha value is -1.24. The average Bonchev–Trinajstić information content (AvgIpc) is 2.86. The summed E-state index contributed by atoms with van der Waals surface area (Å²) in [4.78, 5) is 12.4. The Labute approximate surface area is 133 Å². The first-order valence-electron chi connectivity index (χ1n) is 6.73. The van der Waals surface area contributed by atoms with Crippen LogP contribution in [0.15, 0.2) is 12.1 Å². The molecule has 114 valence electrons. The fraction of sp³-hybridized carbons (Fsp3) is 0.500. The van der Waals surface area contributed by atoms with E-state index in [1.54, 1.807) is 12.1 Å². The van der Waals surface area contributed by atoms with Gasteiger partial charge in [-0.2, -0.15) is 8.75 Å². The number of fused-ring (bicyclic) bond motifs is 1. The molecule has 1 atom stereocenters. The van der Waals surface area contributed by atoms with Gasteiger partial charge in [0, 0.05) is 6.54 Å². The van der Waals surface area contributed by atoms with E-state index in [0.29, 0.717) is 29.2 Å². The van der Waals surface area contributed by atoms with E-state index >= 15 is 0 Å². The molecule has 0 bridgehead atoms. The molecule has 0 saturated carbocycles. The Balaban J connectivity index is 2.24. The van der Waals surface area contributed by atoms with Crippen molar-refractivity contribution in [2.24, 2.45) is 17.1 Å². The quantitative estimate of drug-likeness (QED) is 0.903. The zero-order chi connectivity index (χ0) is 15.6. The van der Waals surface area contributed by atoms with Crippen molar-refractivity contribution in [3.63, 3.8) is 0 Å². The molecule has 0 saturated heterocycles. The summed E-state index contributed by atoms with van der Waals surface area (Å²) in [5.74, 6) is -0.391. The standard InChI is InChI=1S/C14H19ClN4OS/c1-14(2,3)6-8(7-16)13(20)17-11-9(15)4-5-10-12(11)19-21-18-10/h4-5,8H,6-7,16H2,1-3H3,(H,17,20). The van der Waals surface area contributed by atoms with E-state index in [-0.39, 0.29) is 17.2 Å². The molecule has 1 unspecified atom stereocenters. The van der Waals surface area contributed by atoms with Crippen molar-refractivity contribution in [1.82, 2.24) is 8.75 Å². The number of carbonyl (C=O) groups is 1. The van der Waals surface area contributed by atoms with Crippen molar-refractivity contribution in [1.29, 1.82) is 0 Å². The minimum atomic E-state index is -0.261. The summed E-state index contributed by atoms with van der Waals surface area (Å²) in [6.07, 6.45) is 0.707. The van der Waals surface area contributed by atoms with Gasteiger partial charge in [0.05, 0.1) is 28.4 Å². The summed E-state index contributed by atoms with van der Waals surface area (Å²) in [5.41, 5.74) is 7.63. The minimum Gasteiger partial charge on any atom is -0.330 e. The third-order valence-electron chi connectivity index (χ3n) is 3.14. The van der Waals surface area contributed by atoms with Gasteiger partial charge >= 0.3 is 0 Å². The summed E-state index contributed by atoms with van der Waals surface area (Å²) in [6, 6.07) is 3.49. The van der Waals surface area contributed by atoms with E-state index in [9.17, 15) is 4.79 Å². The van der Waals surface area contributed by atoms with Crippen molar-refractivity contribution < 1.29 is 4.79 Å². The van der Waals surface area contributed by atoms with Gasteiger partial charge in [0.25, 0.3) is 0 Å². The maximum Gasteiger partial charge on any atom is 0.228 e. The molecule has 5 nitrogen and oxygen atoms in total. The topological polar surface area (TPSA) is 80.9 Å². The monoisotopic (exact) mass is 326 g/mol. The Morgan fingerprint density at radius 1 is 1.43 bits per heavy atom. The number of nitrogens with one attached hydrogen (secondary N) is 1. The fourth-order valence-corrected chi connectivity index (χ4v) is 2.94. The summed E-state index contributed by atoms with van der Waals surface area (Å²) in [6.45, 7) is 6.55. The van der Waals surface area contributed by atoms with Crippen molar-refractivity contribution in [2.45, 2.75) is 27.2 Å². The van der Waals surface area contributed by atoms with Gasteiger partial charge < -0.3 is 11.1 Å². The predicted molar refractivity (Wildman–Crippen MR) is 87.7 cm³/mol. The lowest BCUT2D eigenvalue weighted by Gasteiger charge is -2.24. The number of nitrogens with two attached hydrogens (primary N) is 1. The molecule has 3 N–H and O–H groups in total. The lowest BCUT2D eigenvalue weighted by Crippen LogP contribution is -2.32. The minimum absolute atomic E-state index is 0.0271. The van der Waals surface area contributed by atoms with Crippen LogP contribution in [0.25, 0.3) is 11.0 Å². The first-order chi connectivity index (χ1) is 9.81. The summed E-state index contributed by atoms with van der Waals surface area (Å²) >= 11 is 7.27. The molecule has 0 fully saturated rings. The molecule has 0 radical (unpaired) electrons. The van der Waals surface area contributed by atoms with Crippen LogP contribution in [0.5, 0.6) is 0 Å². The number of hydrogen-bond acceptors (Lipinski definition) is 5. The average molecular weight is 327 g/mol. The van der Waals surface area contributed by atoms with E-state index in [1.807, 2.05) is 0 Å². The van der Waals surface area contributed by atoms with Crippen molar-refractivity contribution >= 4 is 46.0 Å². The Bertz CT molecular complexity index is 650. The molecule has 1 heterocycles.